The SMILES string of the molecule is COC(=O)C(C)(C)NS(=O)(=O)c1ccc([N+](=O)[O-])cc1[N+](=O)[O-]. The number of hydrogen-bond donors (Lipinski definition) is 1. The van der Waals surface area contributed by atoms with Crippen LogP contribution in [-0.4, -0.2) is 36.9 Å². The first-order valence-corrected chi connectivity index (χ1v) is 7.46. The van der Waals surface area contributed by atoms with Crippen LogP contribution in [0.3, 0.4) is 0 Å². The van der Waals surface area contributed by atoms with E-state index in [1.807, 2.05) is 4.72 Å². The molecule has 0 aromatic heterocycles. The topological polar surface area (TPSA) is 159 Å². The molecule has 0 saturated carbocycles. The van der Waals surface area contributed by atoms with Crippen LogP contribution >= 0.6 is 0 Å². The van der Waals surface area contributed by atoms with E-state index in [0.717, 1.165) is 19.2 Å². The lowest BCUT2D eigenvalue weighted by molar-refractivity contribution is -0.396. The molecular weight excluding hydrogens is 334 g/mol. The van der Waals surface area contributed by atoms with Crippen LogP contribution in [0.1, 0.15) is 13.8 Å². The molecule has 126 valence electrons. The minimum Gasteiger partial charge on any atom is -0.468 e. The van der Waals surface area contributed by atoms with E-state index in [0.29, 0.717) is 6.07 Å². The molecule has 0 aliphatic rings. The number of nitrogens with zero attached hydrogens (tertiary/aromatic N) is 2. The van der Waals surface area contributed by atoms with E-state index >= 15 is 0 Å². The van der Waals surface area contributed by atoms with Crippen LogP contribution in [-0.2, 0) is 19.6 Å². The van der Waals surface area contributed by atoms with Gasteiger partial charge in [0.2, 0.25) is 10.0 Å². The molecule has 0 bridgehead atoms. The maximum atomic E-state index is 12.3. The zero-order valence-corrected chi connectivity index (χ0v) is 13.1. The lowest BCUT2D eigenvalue weighted by Gasteiger charge is -2.22. The Morgan fingerprint density at radius 2 is 1.78 bits per heavy atom. The van der Waals surface area contributed by atoms with Crippen LogP contribution in [0.4, 0.5) is 11.4 Å². The number of ether oxygens (including phenoxy) is 1. The molecule has 0 amide bonds. The Labute approximate surface area is 130 Å². The molecular formula is C11H13N3O8S. The number of nitrogens with one attached hydrogen (secondary N) is 1. The van der Waals surface area contributed by atoms with Crippen LogP contribution in [0.25, 0.3) is 0 Å². The Balaban J connectivity index is 3.42. The Bertz CT molecular complexity index is 771. The highest BCUT2D eigenvalue weighted by Crippen LogP contribution is 2.29. The van der Waals surface area contributed by atoms with Crippen molar-refractivity contribution in [1.82, 2.24) is 4.72 Å². The minimum atomic E-state index is -4.51. The molecule has 0 radical (unpaired) electrons. The smallest absolute Gasteiger partial charge is 0.326 e. The second-order valence-electron chi connectivity index (χ2n) is 4.89. The summed E-state index contributed by atoms with van der Waals surface area (Å²) < 4.78 is 31.0. The molecule has 0 unspecified atom stereocenters. The van der Waals surface area contributed by atoms with Gasteiger partial charge in [0.25, 0.3) is 11.4 Å². The van der Waals surface area contributed by atoms with Crippen molar-refractivity contribution in [1.29, 1.82) is 0 Å². The van der Waals surface area contributed by atoms with Crippen LogP contribution < -0.4 is 4.72 Å². The summed E-state index contributed by atoms with van der Waals surface area (Å²) in [5.74, 6) is -0.911. The quantitative estimate of drug-likeness (QED) is 0.448. The van der Waals surface area contributed by atoms with Crippen LogP contribution in [0.2, 0.25) is 0 Å². The highest BCUT2D eigenvalue weighted by atomic mass is 32.2. The van der Waals surface area contributed by atoms with Crippen molar-refractivity contribution in [2.24, 2.45) is 0 Å². The Morgan fingerprint density at radius 3 is 2.22 bits per heavy atom. The van der Waals surface area contributed by atoms with E-state index in [4.69, 9.17) is 0 Å². The van der Waals surface area contributed by atoms with E-state index in [1.54, 1.807) is 0 Å². The molecule has 0 aliphatic carbocycles. The first-order valence-electron chi connectivity index (χ1n) is 5.97. The third-order valence-electron chi connectivity index (χ3n) is 2.72. The van der Waals surface area contributed by atoms with Crippen molar-refractivity contribution in [3.8, 4) is 0 Å². The average molecular weight is 347 g/mol. The monoisotopic (exact) mass is 347 g/mol. The zero-order valence-electron chi connectivity index (χ0n) is 12.3. The summed E-state index contributed by atoms with van der Waals surface area (Å²) in [4.78, 5) is 30.4. The number of hydrogen-bond acceptors (Lipinski definition) is 8. The summed E-state index contributed by atoms with van der Waals surface area (Å²) >= 11 is 0. The highest BCUT2D eigenvalue weighted by Gasteiger charge is 2.37. The van der Waals surface area contributed by atoms with Gasteiger partial charge < -0.3 is 4.74 Å². The molecule has 0 saturated heterocycles. The Morgan fingerprint density at radius 1 is 1.22 bits per heavy atom. The fourth-order valence-electron chi connectivity index (χ4n) is 1.68. The fourth-order valence-corrected chi connectivity index (χ4v) is 3.20. The van der Waals surface area contributed by atoms with Gasteiger partial charge in [-0.15, -0.1) is 0 Å². The summed E-state index contributed by atoms with van der Waals surface area (Å²) in [6, 6.07) is 2.07. The van der Waals surface area contributed by atoms with Gasteiger partial charge in [0.15, 0.2) is 4.90 Å². The molecule has 1 N–H and O–H groups in total. The Hall–Kier alpha value is -2.60. The number of sulfonamides is 1. The van der Waals surface area contributed by atoms with Gasteiger partial charge in [-0.2, -0.15) is 4.72 Å². The summed E-state index contributed by atoms with van der Waals surface area (Å²) in [6.07, 6.45) is 0. The third-order valence-corrected chi connectivity index (χ3v) is 4.43. The normalized spacial score (nSPS) is 11.8. The summed E-state index contributed by atoms with van der Waals surface area (Å²) in [7, 11) is -3.46. The molecule has 0 atom stereocenters. The molecule has 12 heteroatoms. The first-order chi connectivity index (χ1) is 10.4. The number of benzene rings is 1. The maximum Gasteiger partial charge on any atom is 0.326 e. The van der Waals surface area contributed by atoms with Gasteiger partial charge in [0.05, 0.1) is 23.0 Å². The first kappa shape index (κ1) is 18.4. The van der Waals surface area contributed by atoms with Crippen molar-refractivity contribution in [3.05, 3.63) is 38.4 Å². The second kappa shape index (κ2) is 6.26. The van der Waals surface area contributed by atoms with Gasteiger partial charge in [-0.25, -0.2) is 8.42 Å². The minimum absolute atomic E-state index is 0.527. The lowest BCUT2D eigenvalue weighted by atomic mass is 10.1. The summed E-state index contributed by atoms with van der Waals surface area (Å²) in [5, 5.41) is 21.6. The number of carbonyl (C=O) groups excluding carboxylic acids is 1. The number of methoxy groups -OCH3 is 1. The molecule has 0 heterocycles. The maximum absolute atomic E-state index is 12.3. The van der Waals surface area contributed by atoms with E-state index < -0.39 is 47.6 Å². The van der Waals surface area contributed by atoms with Gasteiger partial charge in [0.1, 0.15) is 5.54 Å². The van der Waals surface area contributed by atoms with Gasteiger partial charge in [-0.3, -0.25) is 25.0 Å². The average Bonchev–Trinajstić information content (AvgIpc) is 2.44. The van der Waals surface area contributed by atoms with Gasteiger partial charge in [-0.1, -0.05) is 0 Å². The second-order valence-corrected chi connectivity index (χ2v) is 6.54. The van der Waals surface area contributed by atoms with Gasteiger partial charge in [-0.05, 0) is 19.9 Å². The molecule has 11 nitrogen and oxygen atoms in total. The molecule has 1 rings (SSSR count). The molecule has 0 spiro atoms. The molecule has 1 aromatic rings. The number of non-ortho nitro benzene ring substituents is 1. The van der Waals surface area contributed by atoms with Gasteiger partial charge >= 0.3 is 5.97 Å². The molecule has 0 aliphatic heterocycles. The predicted octanol–water partition coefficient (Wildman–Crippen LogP) is 0.733. The number of carbonyl (C=O) groups is 1. The number of rotatable bonds is 6. The van der Waals surface area contributed by atoms with Crippen molar-refractivity contribution < 1.29 is 27.8 Å². The Kier molecular flexibility index (Phi) is 5.02. The van der Waals surface area contributed by atoms with Crippen molar-refractivity contribution >= 4 is 27.4 Å². The fraction of sp³-hybridized carbons (Fsp3) is 0.364. The number of nitro groups is 2. The summed E-state index contributed by atoms with van der Waals surface area (Å²) in [6.45, 7) is 2.40. The van der Waals surface area contributed by atoms with E-state index in [9.17, 15) is 33.4 Å². The van der Waals surface area contributed by atoms with E-state index in [-0.39, 0.29) is 0 Å². The van der Waals surface area contributed by atoms with Crippen molar-refractivity contribution in [3.63, 3.8) is 0 Å². The summed E-state index contributed by atoms with van der Waals surface area (Å²) in [5.41, 5.74) is -3.31. The largest absolute Gasteiger partial charge is 0.468 e. The number of nitro benzene ring substituents is 2. The van der Waals surface area contributed by atoms with Crippen LogP contribution in [0, 0.1) is 20.2 Å². The lowest BCUT2D eigenvalue weighted by Crippen LogP contribution is -2.50. The zero-order chi connectivity index (χ0) is 18.0. The molecule has 23 heavy (non-hydrogen) atoms. The standard InChI is InChI=1S/C11H13N3O8S/c1-11(2,10(15)22-3)12-23(20,21)9-5-4-7(13(16)17)6-8(9)14(18)19/h4-6,12H,1-3H3. The van der Waals surface area contributed by atoms with Crippen molar-refractivity contribution in [2.75, 3.05) is 7.11 Å². The highest BCUT2D eigenvalue weighted by molar-refractivity contribution is 7.89. The molecule has 0 fully saturated rings. The van der Waals surface area contributed by atoms with Gasteiger partial charge in [0, 0.05) is 6.07 Å². The van der Waals surface area contributed by atoms with Crippen LogP contribution in [0.5, 0.6) is 0 Å². The number of esters is 1. The van der Waals surface area contributed by atoms with E-state index in [1.165, 1.54) is 13.8 Å². The van der Waals surface area contributed by atoms with E-state index in [2.05, 4.69) is 4.74 Å². The van der Waals surface area contributed by atoms with Crippen LogP contribution in [0.15, 0.2) is 23.1 Å². The third kappa shape index (κ3) is 3.98. The van der Waals surface area contributed by atoms with Crippen molar-refractivity contribution in [2.45, 2.75) is 24.3 Å². The molecule has 1 aromatic carbocycles. The predicted molar refractivity (Wildman–Crippen MR) is 76.2 cm³/mol.